The molecule has 4 N–H and O–H groups in total. The summed E-state index contributed by atoms with van der Waals surface area (Å²) in [6, 6.07) is 7.10. The number of carbonyl (C=O) groups is 2. The maximum absolute atomic E-state index is 11.6. The highest BCUT2D eigenvalue weighted by molar-refractivity contribution is 5.80. The molecular weight excluding hydrogens is 234 g/mol. The number of anilines is 1. The molecule has 1 aromatic carbocycles. The maximum Gasteiger partial charge on any atom is 0.410 e. The van der Waals surface area contributed by atoms with Gasteiger partial charge in [-0.1, -0.05) is 18.2 Å². The lowest BCUT2D eigenvalue weighted by molar-refractivity contribution is -0.119. The highest BCUT2D eigenvalue weighted by Gasteiger charge is 2.18. The monoisotopic (exact) mass is 251 g/mol. The topological polar surface area (TPSA) is 98.6 Å². The molecule has 0 heterocycles. The highest BCUT2D eigenvalue weighted by atomic mass is 16.6. The Bertz CT molecular complexity index is 434. The Morgan fingerprint density at radius 1 is 1.33 bits per heavy atom. The third-order valence-electron chi connectivity index (χ3n) is 2.29. The summed E-state index contributed by atoms with van der Waals surface area (Å²) in [5.41, 5.74) is 12.2. The summed E-state index contributed by atoms with van der Waals surface area (Å²) in [6.45, 7) is 1.91. The first-order valence-corrected chi connectivity index (χ1v) is 5.58. The lowest BCUT2D eigenvalue weighted by Crippen LogP contribution is -2.38. The van der Waals surface area contributed by atoms with Gasteiger partial charge >= 0.3 is 6.09 Å². The fourth-order valence-electron chi connectivity index (χ4n) is 1.47. The van der Waals surface area contributed by atoms with Crippen LogP contribution in [0, 0.1) is 0 Å². The third-order valence-corrected chi connectivity index (χ3v) is 2.29. The van der Waals surface area contributed by atoms with E-state index in [0.717, 1.165) is 5.56 Å². The van der Waals surface area contributed by atoms with Crippen molar-refractivity contribution in [3.63, 3.8) is 0 Å². The van der Waals surface area contributed by atoms with Crippen LogP contribution in [0.4, 0.5) is 10.5 Å². The molecule has 2 amide bonds. The number of ether oxygens (including phenoxy) is 1. The lowest BCUT2D eigenvalue weighted by atomic mass is 10.1. The van der Waals surface area contributed by atoms with E-state index in [1.54, 1.807) is 31.2 Å². The Morgan fingerprint density at radius 3 is 2.56 bits per heavy atom. The molecule has 18 heavy (non-hydrogen) atoms. The number of amides is 2. The maximum atomic E-state index is 11.6. The van der Waals surface area contributed by atoms with Crippen molar-refractivity contribution in [3.05, 3.63) is 29.8 Å². The minimum Gasteiger partial charge on any atom is -0.450 e. The molecule has 0 atom stereocenters. The van der Waals surface area contributed by atoms with Crippen LogP contribution in [0.1, 0.15) is 12.5 Å². The summed E-state index contributed by atoms with van der Waals surface area (Å²) >= 11 is 0. The highest BCUT2D eigenvalue weighted by Crippen LogP contribution is 2.13. The number of nitrogens with zero attached hydrogens (tertiary/aromatic N) is 1. The van der Waals surface area contributed by atoms with E-state index in [1.807, 2.05) is 0 Å². The predicted octanol–water partition coefficient (Wildman–Crippen LogP) is 0.713. The van der Waals surface area contributed by atoms with Gasteiger partial charge in [-0.05, 0) is 18.6 Å². The number of benzene rings is 1. The van der Waals surface area contributed by atoms with Crippen molar-refractivity contribution in [1.29, 1.82) is 0 Å². The first-order valence-electron chi connectivity index (χ1n) is 5.58. The lowest BCUT2D eigenvalue weighted by Gasteiger charge is -2.21. The number of nitrogen functional groups attached to an aromatic ring is 1. The summed E-state index contributed by atoms with van der Waals surface area (Å²) in [7, 11) is 0. The average Bonchev–Trinajstić information content (AvgIpc) is 2.31. The Labute approximate surface area is 105 Å². The van der Waals surface area contributed by atoms with Gasteiger partial charge in [-0.15, -0.1) is 0 Å². The van der Waals surface area contributed by atoms with E-state index >= 15 is 0 Å². The number of para-hydroxylation sites is 1. The van der Waals surface area contributed by atoms with Gasteiger partial charge in [0.05, 0.1) is 13.2 Å². The third kappa shape index (κ3) is 3.97. The molecule has 0 aromatic heterocycles. The predicted molar refractivity (Wildman–Crippen MR) is 67.5 cm³/mol. The van der Waals surface area contributed by atoms with Crippen LogP contribution in [0.3, 0.4) is 0 Å². The standard InChI is InChI=1S/C12H17N3O3/c1-2-18-12(17)15(8-11(14)16)7-9-5-3-4-6-10(9)13/h3-6H,2,7-8,13H2,1H3,(H2,14,16). The number of rotatable bonds is 5. The average molecular weight is 251 g/mol. The molecule has 98 valence electrons. The van der Waals surface area contributed by atoms with Crippen molar-refractivity contribution in [2.24, 2.45) is 5.73 Å². The van der Waals surface area contributed by atoms with Crippen LogP contribution in [-0.2, 0) is 16.1 Å². The molecule has 1 rings (SSSR count). The number of primary amides is 1. The summed E-state index contributed by atoms with van der Waals surface area (Å²) in [6.07, 6.45) is -0.584. The van der Waals surface area contributed by atoms with Gasteiger partial charge in [-0.3, -0.25) is 9.69 Å². The van der Waals surface area contributed by atoms with Crippen LogP contribution in [0.2, 0.25) is 0 Å². The van der Waals surface area contributed by atoms with Gasteiger partial charge in [0.15, 0.2) is 0 Å². The molecule has 0 bridgehead atoms. The van der Waals surface area contributed by atoms with Crippen LogP contribution in [0.25, 0.3) is 0 Å². The minimum atomic E-state index is -0.599. The molecular formula is C12H17N3O3. The van der Waals surface area contributed by atoms with Crippen molar-refractivity contribution < 1.29 is 14.3 Å². The molecule has 0 aliphatic rings. The van der Waals surface area contributed by atoms with Gasteiger partial charge < -0.3 is 16.2 Å². The second kappa shape index (κ2) is 6.48. The van der Waals surface area contributed by atoms with Crippen LogP contribution in [-0.4, -0.2) is 30.1 Å². The molecule has 0 fully saturated rings. The second-order valence-corrected chi connectivity index (χ2v) is 3.72. The van der Waals surface area contributed by atoms with E-state index in [4.69, 9.17) is 16.2 Å². The SMILES string of the molecule is CCOC(=O)N(CC(N)=O)Cc1ccccc1N. The number of hydrogen-bond donors (Lipinski definition) is 2. The first-order chi connectivity index (χ1) is 8.54. The molecule has 6 heteroatoms. The van der Waals surface area contributed by atoms with Crippen molar-refractivity contribution in [1.82, 2.24) is 4.90 Å². The molecule has 0 radical (unpaired) electrons. The molecule has 1 aromatic rings. The summed E-state index contributed by atoms with van der Waals surface area (Å²) < 4.78 is 4.86. The van der Waals surface area contributed by atoms with Crippen molar-refractivity contribution in [2.75, 3.05) is 18.9 Å². The van der Waals surface area contributed by atoms with E-state index < -0.39 is 12.0 Å². The van der Waals surface area contributed by atoms with Gasteiger partial charge in [0.1, 0.15) is 6.54 Å². The molecule has 0 saturated carbocycles. The largest absolute Gasteiger partial charge is 0.450 e. The Kier molecular flexibility index (Phi) is 4.98. The number of nitrogens with two attached hydrogens (primary N) is 2. The van der Waals surface area contributed by atoms with E-state index in [0.29, 0.717) is 5.69 Å². The normalized spacial score (nSPS) is 9.83. The zero-order chi connectivity index (χ0) is 13.5. The molecule has 0 aliphatic carbocycles. The quantitative estimate of drug-likeness (QED) is 0.753. The minimum absolute atomic E-state index is 0.189. The smallest absolute Gasteiger partial charge is 0.410 e. The molecule has 6 nitrogen and oxygen atoms in total. The van der Waals surface area contributed by atoms with Gasteiger partial charge in [0.25, 0.3) is 0 Å². The Hall–Kier alpha value is -2.24. The van der Waals surface area contributed by atoms with Crippen LogP contribution >= 0.6 is 0 Å². The van der Waals surface area contributed by atoms with Crippen LogP contribution in [0.5, 0.6) is 0 Å². The fourth-order valence-corrected chi connectivity index (χ4v) is 1.47. The van der Waals surface area contributed by atoms with Crippen molar-refractivity contribution in [2.45, 2.75) is 13.5 Å². The summed E-state index contributed by atoms with van der Waals surface area (Å²) in [5, 5.41) is 0. The van der Waals surface area contributed by atoms with Gasteiger partial charge in [0, 0.05) is 5.69 Å². The van der Waals surface area contributed by atoms with Crippen molar-refractivity contribution in [3.8, 4) is 0 Å². The second-order valence-electron chi connectivity index (χ2n) is 3.72. The zero-order valence-corrected chi connectivity index (χ0v) is 10.3. The molecule has 0 aliphatic heterocycles. The zero-order valence-electron chi connectivity index (χ0n) is 10.3. The van der Waals surface area contributed by atoms with E-state index in [1.165, 1.54) is 4.90 Å². The van der Waals surface area contributed by atoms with E-state index in [-0.39, 0.29) is 19.7 Å². The van der Waals surface area contributed by atoms with Gasteiger partial charge in [0.2, 0.25) is 5.91 Å². The number of carbonyl (C=O) groups excluding carboxylic acids is 2. The molecule has 0 unspecified atom stereocenters. The molecule has 0 saturated heterocycles. The Balaban J connectivity index is 2.81. The van der Waals surface area contributed by atoms with E-state index in [9.17, 15) is 9.59 Å². The summed E-state index contributed by atoms with van der Waals surface area (Å²) in [4.78, 5) is 23.8. The van der Waals surface area contributed by atoms with Gasteiger partial charge in [-0.2, -0.15) is 0 Å². The first kappa shape index (κ1) is 13.8. The molecule has 0 spiro atoms. The van der Waals surface area contributed by atoms with Crippen LogP contribution < -0.4 is 11.5 Å². The van der Waals surface area contributed by atoms with Gasteiger partial charge in [-0.25, -0.2) is 4.79 Å². The van der Waals surface area contributed by atoms with Crippen molar-refractivity contribution >= 4 is 17.7 Å². The summed E-state index contributed by atoms with van der Waals surface area (Å²) in [5.74, 6) is -0.599. The Morgan fingerprint density at radius 2 is 2.00 bits per heavy atom. The van der Waals surface area contributed by atoms with Crippen LogP contribution in [0.15, 0.2) is 24.3 Å². The number of hydrogen-bond acceptors (Lipinski definition) is 4. The van der Waals surface area contributed by atoms with E-state index in [2.05, 4.69) is 0 Å². The fraction of sp³-hybridized carbons (Fsp3) is 0.333.